The minimum absolute atomic E-state index is 0.188. The van der Waals surface area contributed by atoms with E-state index < -0.39 is 15.9 Å². The van der Waals surface area contributed by atoms with Gasteiger partial charge >= 0.3 is 0 Å². The molecule has 0 unspecified atom stereocenters. The van der Waals surface area contributed by atoms with Gasteiger partial charge in [-0.15, -0.1) is 5.10 Å². The number of nitrogens with one attached hydrogen (secondary N) is 1. The first-order valence-electron chi connectivity index (χ1n) is 6.97. The number of fused-ring (bicyclic) bond motifs is 1. The van der Waals surface area contributed by atoms with E-state index in [9.17, 15) is 13.2 Å². The van der Waals surface area contributed by atoms with E-state index in [0.717, 1.165) is 5.41 Å². The van der Waals surface area contributed by atoms with Crippen LogP contribution in [0.3, 0.4) is 0 Å². The number of nitrogens with zero attached hydrogens (tertiary/aromatic N) is 4. The fraction of sp³-hybridized carbons (Fsp3) is 0.0667. The molecule has 0 aliphatic rings. The van der Waals surface area contributed by atoms with Gasteiger partial charge in [0.15, 0.2) is 5.82 Å². The van der Waals surface area contributed by atoms with Gasteiger partial charge in [-0.3, -0.25) is 4.79 Å². The second-order valence-electron chi connectivity index (χ2n) is 4.85. The molecule has 1 N–H and O–H groups in total. The van der Waals surface area contributed by atoms with Crippen molar-refractivity contribution in [1.29, 1.82) is 0 Å². The predicted octanol–water partition coefficient (Wildman–Crippen LogP) is 0.784. The molecule has 0 bridgehead atoms. The van der Waals surface area contributed by atoms with Gasteiger partial charge in [-0.25, -0.2) is 22.6 Å². The Labute approximate surface area is 137 Å². The number of carbonyl (C=O) groups is 1. The van der Waals surface area contributed by atoms with Crippen LogP contribution in [0.1, 0.15) is 11.4 Å². The summed E-state index contributed by atoms with van der Waals surface area (Å²) in [4.78, 5) is 19.9. The van der Waals surface area contributed by atoms with Gasteiger partial charge in [0.05, 0.1) is 11.8 Å². The van der Waals surface area contributed by atoms with Gasteiger partial charge in [0.25, 0.3) is 15.8 Å². The number of benzene rings is 1. The maximum absolute atomic E-state index is 11.9. The van der Waals surface area contributed by atoms with Crippen molar-refractivity contribution in [2.45, 2.75) is 6.42 Å². The van der Waals surface area contributed by atoms with Crippen LogP contribution in [0.15, 0.2) is 54.2 Å². The molecule has 9 heteroatoms. The van der Waals surface area contributed by atoms with Gasteiger partial charge in [0.2, 0.25) is 5.91 Å². The largest absolute Gasteiger partial charge is 0.274 e. The van der Waals surface area contributed by atoms with E-state index in [1.807, 2.05) is 10.8 Å². The molecule has 0 atom stereocenters. The molecule has 0 saturated carbocycles. The molecule has 3 rings (SSSR count). The molecule has 122 valence electrons. The second-order valence-corrected chi connectivity index (χ2v) is 6.42. The Morgan fingerprint density at radius 3 is 2.75 bits per heavy atom. The van der Waals surface area contributed by atoms with Gasteiger partial charge < -0.3 is 0 Å². The van der Waals surface area contributed by atoms with Crippen LogP contribution in [-0.4, -0.2) is 33.9 Å². The molecule has 0 radical (unpaired) electrons. The lowest BCUT2D eigenvalue weighted by Gasteiger charge is -2.01. The van der Waals surface area contributed by atoms with Crippen molar-refractivity contribution >= 4 is 27.8 Å². The second kappa shape index (κ2) is 6.59. The number of carbonyl (C=O) groups excluding carboxylic acids is 1. The smallest absolute Gasteiger partial charge is 0.257 e. The molecule has 8 nitrogen and oxygen atoms in total. The Morgan fingerprint density at radius 2 is 2.00 bits per heavy atom. The fourth-order valence-electron chi connectivity index (χ4n) is 1.96. The summed E-state index contributed by atoms with van der Waals surface area (Å²) in [7, 11) is -3.89. The molecule has 1 aromatic carbocycles. The molecule has 1 amide bonds. The highest BCUT2D eigenvalue weighted by Gasteiger charge is 2.14. The molecule has 0 fully saturated rings. The van der Waals surface area contributed by atoms with E-state index >= 15 is 0 Å². The van der Waals surface area contributed by atoms with Gasteiger partial charge in [0, 0.05) is 12.4 Å². The monoisotopic (exact) mass is 343 g/mol. The van der Waals surface area contributed by atoms with Gasteiger partial charge in [-0.1, -0.05) is 30.3 Å². The summed E-state index contributed by atoms with van der Waals surface area (Å²) in [6.07, 6.45) is 4.33. The first kappa shape index (κ1) is 15.8. The minimum Gasteiger partial charge on any atom is -0.274 e. The third kappa shape index (κ3) is 4.02. The van der Waals surface area contributed by atoms with Crippen molar-refractivity contribution < 1.29 is 13.2 Å². The average molecular weight is 343 g/mol. The van der Waals surface area contributed by atoms with E-state index in [1.54, 1.807) is 42.7 Å². The van der Waals surface area contributed by atoms with Crippen LogP contribution in [0.2, 0.25) is 0 Å². The van der Waals surface area contributed by atoms with Crippen LogP contribution in [0.25, 0.3) is 11.9 Å². The quantitative estimate of drug-likeness (QED) is 0.734. The molecule has 0 aliphatic heterocycles. The SMILES string of the molecule is O=C(Cc1nc2ncccn2n1)NS(=O)(=O)/C=C/c1ccccc1. The topological polar surface area (TPSA) is 106 Å². The minimum atomic E-state index is -3.89. The maximum atomic E-state index is 11.9. The molecule has 3 aromatic rings. The Kier molecular flexibility index (Phi) is 4.34. The molecule has 0 aliphatic carbocycles. The van der Waals surface area contributed by atoms with Gasteiger partial charge in [-0.2, -0.15) is 4.98 Å². The zero-order valence-corrected chi connectivity index (χ0v) is 13.2. The van der Waals surface area contributed by atoms with Crippen molar-refractivity contribution in [3.05, 3.63) is 65.6 Å². The molecule has 0 spiro atoms. The first-order chi connectivity index (χ1) is 11.5. The molecule has 2 aromatic heterocycles. The molecule has 24 heavy (non-hydrogen) atoms. The van der Waals surface area contributed by atoms with E-state index in [0.29, 0.717) is 11.3 Å². The average Bonchev–Trinajstić information content (AvgIpc) is 2.95. The predicted molar refractivity (Wildman–Crippen MR) is 87.0 cm³/mol. The maximum Gasteiger partial charge on any atom is 0.257 e. The van der Waals surface area contributed by atoms with Crippen molar-refractivity contribution in [1.82, 2.24) is 24.3 Å². The van der Waals surface area contributed by atoms with Crippen LogP contribution in [-0.2, 0) is 21.2 Å². The third-order valence-corrected chi connectivity index (χ3v) is 3.98. The molecular formula is C15H13N5O3S. The number of amides is 1. The summed E-state index contributed by atoms with van der Waals surface area (Å²) in [6.45, 7) is 0. The fourth-order valence-corrected chi connectivity index (χ4v) is 2.75. The van der Waals surface area contributed by atoms with E-state index in [1.165, 1.54) is 10.6 Å². The number of hydrogen-bond donors (Lipinski definition) is 1. The summed E-state index contributed by atoms with van der Waals surface area (Å²) in [5, 5.41) is 4.99. The molecule has 2 heterocycles. The number of sulfonamides is 1. The first-order valence-corrected chi connectivity index (χ1v) is 8.51. The summed E-state index contributed by atoms with van der Waals surface area (Å²) in [6, 6.07) is 10.6. The summed E-state index contributed by atoms with van der Waals surface area (Å²) >= 11 is 0. The molecular weight excluding hydrogens is 330 g/mol. The highest BCUT2D eigenvalue weighted by Crippen LogP contribution is 2.03. The number of hydrogen-bond acceptors (Lipinski definition) is 6. The Bertz CT molecular complexity index is 963. The highest BCUT2D eigenvalue weighted by atomic mass is 32.2. The lowest BCUT2D eigenvalue weighted by molar-refractivity contribution is -0.118. The zero-order valence-electron chi connectivity index (χ0n) is 12.4. The Hall–Kier alpha value is -3.07. The zero-order chi connectivity index (χ0) is 17.0. The summed E-state index contributed by atoms with van der Waals surface area (Å²) in [5.41, 5.74) is 0.711. The Morgan fingerprint density at radius 1 is 1.21 bits per heavy atom. The van der Waals surface area contributed by atoms with Crippen LogP contribution < -0.4 is 4.72 Å². The van der Waals surface area contributed by atoms with Crippen molar-refractivity contribution in [3.8, 4) is 0 Å². The number of aromatic nitrogens is 4. The van der Waals surface area contributed by atoms with Crippen LogP contribution in [0, 0.1) is 0 Å². The van der Waals surface area contributed by atoms with Crippen LogP contribution in [0.4, 0.5) is 0 Å². The molecule has 0 saturated heterocycles. The third-order valence-electron chi connectivity index (χ3n) is 2.97. The standard InChI is InChI=1S/C15H13N5O3S/c21-14(11-13-17-15-16-8-4-9-20(15)18-13)19-24(22,23)10-7-12-5-2-1-3-6-12/h1-10H,11H2,(H,19,21)/b10-7+. The van der Waals surface area contributed by atoms with Crippen LogP contribution >= 0.6 is 0 Å². The summed E-state index contributed by atoms with van der Waals surface area (Å²) in [5.74, 6) is -0.191. The Balaban J connectivity index is 1.66. The van der Waals surface area contributed by atoms with Crippen molar-refractivity contribution in [2.75, 3.05) is 0 Å². The lowest BCUT2D eigenvalue weighted by atomic mass is 10.2. The number of rotatable bonds is 5. The van der Waals surface area contributed by atoms with Gasteiger partial charge in [0.1, 0.15) is 0 Å². The summed E-state index contributed by atoms with van der Waals surface area (Å²) < 4.78 is 27.2. The van der Waals surface area contributed by atoms with E-state index in [4.69, 9.17) is 0 Å². The van der Waals surface area contributed by atoms with Gasteiger partial charge in [-0.05, 0) is 17.7 Å². The van der Waals surface area contributed by atoms with Crippen LogP contribution in [0.5, 0.6) is 0 Å². The normalized spacial score (nSPS) is 11.8. The lowest BCUT2D eigenvalue weighted by Crippen LogP contribution is -2.30. The van der Waals surface area contributed by atoms with Crippen molar-refractivity contribution in [3.63, 3.8) is 0 Å². The highest BCUT2D eigenvalue weighted by molar-refractivity contribution is 7.93. The van der Waals surface area contributed by atoms with Crippen molar-refractivity contribution in [2.24, 2.45) is 0 Å². The van der Waals surface area contributed by atoms with E-state index in [-0.39, 0.29) is 12.2 Å². The van der Waals surface area contributed by atoms with E-state index in [2.05, 4.69) is 15.1 Å².